The van der Waals surface area contributed by atoms with Gasteiger partial charge in [0.05, 0.1) is 11.5 Å². The summed E-state index contributed by atoms with van der Waals surface area (Å²) in [6.45, 7) is 6.72. The van der Waals surface area contributed by atoms with E-state index < -0.39 is 11.2 Å². The molecule has 8 nitrogen and oxygen atoms in total. The van der Waals surface area contributed by atoms with Crippen LogP contribution < -0.4 is 21.9 Å². The Morgan fingerprint density at radius 3 is 2.64 bits per heavy atom. The predicted octanol–water partition coefficient (Wildman–Crippen LogP) is 2.14. The highest BCUT2D eigenvalue weighted by Gasteiger charge is 2.26. The van der Waals surface area contributed by atoms with Crippen molar-refractivity contribution in [1.29, 1.82) is 0 Å². The van der Waals surface area contributed by atoms with Crippen molar-refractivity contribution in [3.05, 3.63) is 42.2 Å². The van der Waals surface area contributed by atoms with E-state index in [1.54, 1.807) is 0 Å². The van der Waals surface area contributed by atoms with Crippen molar-refractivity contribution in [2.75, 3.05) is 30.9 Å². The number of anilines is 2. The van der Waals surface area contributed by atoms with Gasteiger partial charge in [-0.3, -0.25) is 24.0 Å². The summed E-state index contributed by atoms with van der Waals surface area (Å²) in [4.78, 5) is 43.2. The lowest BCUT2D eigenvalue weighted by Gasteiger charge is -2.23. The topological polar surface area (TPSA) is 110 Å². The maximum absolute atomic E-state index is 13.2. The quantitative estimate of drug-likeness (QED) is 0.660. The monoisotopic (exact) mass is 408 g/mol. The van der Waals surface area contributed by atoms with Crippen molar-refractivity contribution in [1.82, 2.24) is 9.55 Å². The Bertz CT molecular complexity index is 944. The first-order chi connectivity index (χ1) is 13.3. The summed E-state index contributed by atoms with van der Waals surface area (Å²) in [6, 6.07) is 1.82. The van der Waals surface area contributed by atoms with Crippen LogP contribution in [0.1, 0.15) is 46.8 Å². The smallest absolute Gasteiger partial charge is 0.330 e. The third-order valence-electron chi connectivity index (χ3n) is 4.54. The summed E-state index contributed by atoms with van der Waals surface area (Å²) >= 11 is 1.40. The first-order valence-corrected chi connectivity index (χ1v) is 10.2. The van der Waals surface area contributed by atoms with E-state index in [-0.39, 0.29) is 30.6 Å². The number of thiophene rings is 1. The largest absolute Gasteiger partial charge is 0.383 e. The van der Waals surface area contributed by atoms with Gasteiger partial charge in [-0.15, -0.1) is 11.3 Å². The van der Waals surface area contributed by atoms with E-state index >= 15 is 0 Å². The van der Waals surface area contributed by atoms with E-state index in [2.05, 4.69) is 4.98 Å². The van der Waals surface area contributed by atoms with Crippen molar-refractivity contribution in [2.24, 2.45) is 0 Å². The first-order valence-electron chi connectivity index (χ1n) is 9.38. The highest BCUT2D eigenvalue weighted by Crippen LogP contribution is 2.26. The number of carbonyl (C=O) groups excluding carboxylic acids is 1. The Morgan fingerprint density at radius 2 is 2.07 bits per heavy atom. The molecule has 28 heavy (non-hydrogen) atoms. The molecule has 0 atom stereocenters. The summed E-state index contributed by atoms with van der Waals surface area (Å²) in [5.74, 6) is -0.335. The Balaban J connectivity index is 2.57. The van der Waals surface area contributed by atoms with Gasteiger partial charge in [-0.25, -0.2) is 4.79 Å². The number of hydrogen-bond donors (Lipinski definition) is 2. The number of nitrogen functional groups attached to an aromatic ring is 1. The van der Waals surface area contributed by atoms with E-state index in [0.717, 1.165) is 29.7 Å². The lowest BCUT2D eigenvalue weighted by Crippen LogP contribution is -2.42. The molecule has 154 valence electrons. The number of ether oxygens (including phenoxy) is 1. The standard InChI is InChI=1S/C19H28N4O4S/c1-5-7-8-23-16(20)15(17(24)21-19(23)26)22(9-10-27-4)18(25)14-11-12(3)13(6-2)28-14/h11H,5-10,20H2,1-4H3,(H,21,24,26). The van der Waals surface area contributed by atoms with Gasteiger partial charge in [0.15, 0.2) is 5.69 Å². The van der Waals surface area contributed by atoms with Gasteiger partial charge in [0, 0.05) is 25.1 Å². The van der Waals surface area contributed by atoms with Crippen molar-refractivity contribution >= 4 is 28.7 Å². The zero-order chi connectivity index (χ0) is 20.8. The number of H-pyrrole nitrogens is 1. The summed E-state index contributed by atoms with van der Waals surface area (Å²) in [5.41, 5.74) is 5.97. The van der Waals surface area contributed by atoms with Crippen LogP contribution in [0.15, 0.2) is 15.7 Å². The van der Waals surface area contributed by atoms with Gasteiger partial charge in [0.25, 0.3) is 11.5 Å². The highest BCUT2D eigenvalue weighted by molar-refractivity contribution is 7.14. The van der Waals surface area contributed by atoms with Crippen LogP contribution >= 0.6 is 11.3 Å². The fraction of sp³-hybridized carbons (Fsp3) is 0.526. The lowest BCUT2D eigenvalue weighted by atomic mass is 10.2. The molecule has 2 aromatic heterocycles. The average Bonchev–Trinajstić information content (AvgIpc) is 3.04. The van der Waals surface area contributed by atoms with Gasteiger partial charge >= 0.3 is 5.69 Å². The third kappa shape index (κ3) is 4.53. The molecule has 0 aromatic carbocycles. The van der Waals surface area contributed by atoms with E-state index in [4.69, 9.17) is 10.5 Å². The molecule has 0 aliphatic carbocycles. The second kappa shape index (κ2) is 9.70. The molecule has 0 aliphatic rings. The first kappa shape index (κ1) is 21.9. The molecule has 0 unspecified atom stereocenters. The fourth-order valence-electron chi connectivity index (χ4n) is 2.98. The van der Waals surface area contributed by atoms with E-state index in [9.17, 15) is 14.4 Å². The number of unbranched alkanes of at least 4 members (excludes halogenated alkanes) is 1. The minimum absolute atomic E-state index is 0.00403. The number of methoxy groups -OCH3 is 1. The molecule has 0 bridgehead atoms. The van der Waals surface area contributed by atoms with E-state index in [1.165, 1.54) is 27.9 Å². The second-order valence-electron chi connectivity index (χ2n) is 6.52. The van der Waals surface area contributed by atoms with Crippen LogP contribution in [-0.4, -0.2) is 35.7 Å². The van der Waals surface area contributed by atoms with Crippen molar-refractivity contribution in [2.45, 2.75) is 46.6 Å². The van der Waals surface area contributed by atoms with Crippen molar-refractivity contribution in [3.8, 4) is 0 Å². The van der Waals surface area contributed by atoms with Gasteiger partial charge in [0.2, 0.25) is 0 Å². The lowest BCUT2D eigenvalue weighted by molar-refractivity contribution is 0.0979. The minimum atomic E-state index is -0.677. The molecule has 0 radical (unpaired) electrons. The number of nitrogens with one attached hydrogen (secondary N) is 1. The van der Waals surface area contributed by atoms with E-state index in [0.29, 0.717) is 11.4 Å². The van der Waals surface area contributed by atoms with Crippen molar-refractivity contribution in [3.63, 3.8) is 0 Å². The van der Waals surface area contributed by atoms with Crippen molar-refractivity contribution < 1.29 is 9.53 Å². The third-order valence-corrected chi connectivity index (χ3v) is 5.91. The number of aromatic nitrogens is 2. The minimum Gasteiger partial charge on any atom is -0.383 e. The van der Waals surface area contributed by atoms with Gasteiger partial charge in [-0.05, 0) is 31.4 Å². The predicted molar refractivity (Wildman–Crippen MR) is 113 cm³/mol. The second-order valence-corrected chi connectivity index (χ2v) is 7.66. The number of nitrogens with two attached hydrogens (primary N) is 1. The summed E-state index contributed by atoms with van der Waals surface area (Å²) < 4.78 is 6.43. The van der Waals surface area contributed by atoms with Crippen LogP contribution in [0.4, 0.5) is 11.5 Å². The number of carbonyl (C=O) groups is 1. The molecule has 1 amide bonds. The molecule has 0 saturated heterocycles. The normalized spacial score (nSPS) is 11.0. The molecule has 2 aromatic rings. The molecule has 9 heteroatoms. The SMILES string of the molecule is CCCCn1c(N)c(N(CCOC)C(=O)c2cc(C)c(CC)s2)c(=O)[nH]c1=O. The number of nitrogens with zero attached hydrogens (tertiary/aromatic N) is 2. The maximum atomic E-state index is 13.2. The van der Waals surface area contributed by atoms with Gasteiger partial charge in [-0.2, -0.15) is 0 Å². The van der Waals surface area contributed by atoms with Crippen LogP contribution in [0.3, 0.4) is 0 Å². The van der Waals surface area contributed by atoms with Crippen LogP contribution in [0.5, 0.6) is 0 Å². The molecular formula is C19H28N4O4S. The molecule has 0 aliphatic heterocycles. The number of amides is 1. The van der Waals surface area contributed by atoms with Gasteiger partial charge in [-0.1, -0.05) is 20.3 Å². The fourth-order valence-corrected chi connectivity index (χ4v) is 4.05. The molecule has 2 rings (SSSR count). The number of rotatable bonds is 9. The number of aryl methyl sites for hydroxylation is 2. The van der Waals surface area contributed by atoms with Gasteiger partial charge in [0.1, 0.15) is 5.82 Å². The Kier molecular flexibility index (Phi) is 7.59. The zero-order valence-electron chi connectivity index (χ0n) is 16.8. The molecule has 0 saturated carbocycles. The number of aromatic amines is 1. The summed E-state index contributed by atoms with van der Waals surface area (Å²) in [7, 11) is 1.52. The van der Waals surface area contributed by atoms with Crippen LogP contribution in [0, 0.1) is 6.92 Å². The number of hydrogen-bond acceptors (Lipinski definition) is 6. The Morgan fingerprint density at radius 1 is 1.36 bits per heavy atom. The Labute approximate surface area is 167 Å². The molecule has 3 N–H and O–H groups in total. The zero-order valence-corrected chi connectivity index (χ0v) is 17.6. The summed E-state index contributed by atoms with van der Waals surface area (Å²) in [6.07, 6.45) is 2.42. The van der Waals surface area contributed by atoms with Crippen LogP contribution in [0.25, 0.3) is 0 Å². The summed E-state index contributed by atoms with van der Waals surface area (Å²) in [5, 5.41) is 0. The maximum Gasteiger partial charge on any atom is 0.330 e. The molecule has 2 heterocycles. The van der Waals surface area contributed by atoms with Crippen LogP contribution in [0.2, 0.25) is 0 Å². The Hall–Kier alpha value is -2.39. The van der Waals surface area contributed by atoms with Crippen LogP contribution in [-0.2, 0) is 17.7 Å². The molecule has 0 spiro atoms. The average molecular weight is 409 g/mol. The van der Waals surface area contributed by atoms with Gasteiger partial charge < -0.3 is 10.5 Å². The molecule has 0 fully saturated rings. The molecular weight excluding hydrogens is 380 g/mol. The van der Waals surface area contributed by atoms with E-state index in [1.807, 2.05) is 26.8 Å². The highest BCUT2D eigenvalue weighted by atomic mass is 32.1.